The molecule has 1 aliphatic rings. The Labute approximate surface area is 131 Å². The second-order valence-electron chi connectivity index (χ2n) is 5.55. The van der Waals surface area contributed by atoms with Crippen LogP contribution in [0.4, 0.5) is 13.2 Å². The zero-order valence-electron chi connectivity index (χ0n) is 12.1. The molecule has 23 heavy (non-hydrogen) atoms. The predicted molar refractivity (Wildman–Crippen MR) is 72.9 cm³/mol. The molecule has 2 heterocycles. The molecule has 2 unspecified atom stereocenters. The quantitative estimate of drug-likeness (QED) is 0.897. The number of nitrogens with zero attached hydrogens (tertiary/aromatic N) is 2. The molecule has 1 aromatic rings. The monoisotopic (exact) mass is 352 g/mol. The van der Waals surface area contributed by atoms with Gasteiger partial charge in [-0.2, -0.15) is 17.5 Å². The van der Waals surface area contributed by atoms with Crippen LogP contribution >= 0.6 is 0 Å². The van der Waals surface area contributed by atoms with Gasteiger partial charge in [0.2, 0.25) is 10.0 Å². The molecule has 0 saturated carbocycles. The second kappa shape index (κ2) is 6.08. The molecule has 1 fully saturated rings. The number of rotatable bonds is 3. The average molecular weight is 352 g/mol. The van der Waals surface area contributed by atoms with Gasteiger partial charge in [0.25, 0.3) is 0 Å². The Morgan fingerprint density at radius 3 is 2.61 bits per heavy atom. The van der Waals surface area contributed by atoms with Crippen LogP contribution in [0.5, 0.6) is 0 Å². The number of halogens is 3. The maximum Gasteiger partial charge on any atom is 0.434 e. The Kier molecular flexibility index (Phi) is 4.67. The van der Waals surface area contributed by atoms with Crippen LogP contribution in [0.1, 0.15) is 19.0 Å². The number of hydrogen-bond donors (Lipinski definition) is 1. The first-order valence-electron chi connectivity index (χ1n) is 6.78. The normalized spacial score (nSPS) is 23.7. The van der Waals surface area contributed by atoms with Gasteiger partial charge >= 0.3 is 12.1 Å². The van der Waals surface area contributed by atoms with Crippen molar-refractivity contribution < 1.29 is 31.5 Å². The van der Waals surface area contributed by atoms with Crippen LogP contribution in [-0.2, 0) is 21.0 Å². The minimum atomic E-state index is -4.92. The Morgan fingerprint density at radius 1 is 1.39 bits per heavy atom. The minimum Gasteiger partial charge on any atom is -0.481 e. The molecular weight excluding hydrogens is 337 g/mol. The molecule has 0 aliphatic carbocycles. The molecule has 2 atom stereocenters. The highest BCUT2D eigenvalue weighted by Crippen LogP contribution is 2.35. The lowest BCUT2D eigenvalue weighted by molar-refractivity contribution is -0.144. The zero-order chi connectivity index (χ0) is 17.4. The van der Waals surface area contributed by atoms with E-state index in [1.54, 1.807) is 6.92 Å². The number of sulfonamides is 1. The van der Waals surface area contributed by atoms with Crippen molar-refractivity contribution in [2.24, 2.45) is 11.8 Å². The number of carbonyl (C=O) groups is 1. The summed E-state index contributed by atoms with van der Waals surface area (Å²) in [6, 6.07) is 1.93. The van der Waals surface area contributed by atoms with Crippen LogP contribution in [0, 0.1) is 11.8 Å². The molecule has 0 amide bonds. The molecule has 1 aliphatic heterocycles. The Balaban J connectivity index is 2.45. The van der Waals surface area contributed by atoms with Crippen molar-refractivity contribution in [1.29, 1.82) is 0 Å². The third-order valence-corrected chi connectivity index (χ3v) is 5.50. The highest BCUT2D eigenvalue weighted by atomic mass is 32.2. The average Bonchev–Trinajstić information content (AvgIpc) is 2.45. The summed E-state index contributed by atoms with van der Waals surface area (Å²) < 4.78 is 64.9. The van der Waals surface area contributed by atoms with Crippen LogP contribution in [-0.4, -0.2) is 41.9 Å². The smallest absolute Gasteiger partial charge is 0.434 e. The van der Waals surface area contributed by atoms with Gasteiger partial charge in [0.05, 0.1) is 5.92 Å². The SMILES string of the molecule is CC1CC(C(=O)O)CN(S(=O)(=O)c2cccnc2C(F)(F)F)C1. The lowest BCUT2D eigenvalue weighted by Gasteiger charge is -2.34. The molecule has 2 rings (SSSR count). The number of piperidine rings is 1. The van der Waals surface area contributed by atoms with E-state index in [0.717, 1.165) is 22.6 Å². The van der Waals surface area contributed by atoms with E-state index in [2.05, 4.69) is 4.98 Å². The molecule has 6 nitrogen and oxygen atoms in total. The molecule has 1 aromatic heterocycles. The van der Waals surface area contributed by atoms with Crippen molar-refractivity contribution >= 4 is 16.0 Å². The van der Waals surface area contributed by atoms with Gasteiger partial charge in [-0.15, -0.1) is 0 Å². The van der Waals surface area contributed by atoms with Crippen LogP contribution in [0.15, 0.2) is 23.2 Å². The van der Waals surface area contributed by atoms with Gasteiger partial charge in [-0.25, -0.2) is 8.42 Å². The number of carboxylic acids is 1. The van der Waals surface area contributed by atoms with E-state index in [1.165, 1.54) is 0 Å². The van der Waals surface area contributed by atoms with E-state index in [4.69, 9.17) is 5.11 Å². The molecule has 0 spiro atoms. The minimum absolute atomic E-state index is 0.0295. The van der Waals surface area contributed by atoms with E-state index < -0.39 is 38.7 Å². The summed E-state index contributed by atoms with van der Waals surface area (Å²) in [6.45, 7) is 1.28. The maximum atomic E-state index is 13.0. The third-order valence-electron chi connectivity index (χ3n) is 3.63. The summed E-state index contributed by atoms with van der Waals surface area (Å²) in [5, 5.41) is 9.08. The largest absolute Gasteiger partial charge is 0.481 e. The van der Waals surface area contributed by atoms with Crippen molar-refractivity contribution in [2.75, 3.05) is 13.1 Å². The number of aromatic nitrogens is 1. The van der Waals surface area contributed by atoms with Gasteiger partial charge in [0.1, 0.15) is 4.90 Å². The van der Waals surface area contributed by atoms with E-state index in [1.807, 2.05) is 0 Å². The topological polar surface area (TPSA) is 87.6 Å². The van der Waals surface area contributed by atoms with Gasteiger partial charge in [-0.1, -0.05) is 6.92 Å². The van der Waals surface area contributed by atoms with E-state index >= 15 is 0 Å². The van der Waals surface area contributed by atoms with Gasteiger partial charge in [-0.3, -0.25) is 9.78 Å². The van der Waals surface area contributed by atoms with E-state index in [0.29, 0.717) is 0 Å². The van der Waals surface area contributed by atoms with Gasteiger partial charge < -0.3 is 5.11 Å². The molecule has 0 radical (unpaired) electrons. The molecule has 0 bridgehead atoms. The predicted octanol–water partition coefficient (Wildman–Crippen LogP) is 1.83. The molecule has 10 heteroatoms. The highest BCUT2D eigenvalue weighted by molar-refractivity contribution is 7.89. The molecule has 0 aromatic carbocycles. The lowest BCUT2D eigenvalue weighted by atomic mass is 9.92. The standard InChI is InChI=1S/C13H15F3N2O4S/c1-8-5-9(12(19)20)7-18(6-8)23(21,22)10-3-2-4-17-11(10)13(14,15)16/h2-4,8-9H,5-7H2,1H3,(H,19,20). The fraction of sp³-hybridized carbons (Fsp3) is 0.538. The molecule has 1 saturated heterocycles. The highest BCUT2D eigenvalue weighted by Gasteiger charge is 2.43. The van der Waals surface area contributed by atoms with Gasteiger partial charge in [0.15, 0.2) is 5.69 Å². The second-order valence-corrected chi connectivity index (χ2v) is 7.45. The molecular formula is C13H15F3N2O4S. The van der Waals surface area contributed by atoms with Crippen molar-refractivity contribution in [2.45, 2.75) is 24.4 Å². The molecule has 1 N–H and O–H groups in total. The number of aliphatic carboxylic acids is 1. The Morgan fingerprint density at radius 2 is 2.04 bits per heavy atom. The maximum absolute atomic E-state index is 13.0. The summed E-state index contributed by atoms with van der Waals surface area (Å²) in [7, 11) is -4.49. The first kappa shape index (κ1) is 17.7. The van der Waals surface area contributed by atoms with Crippen LogP contribution < -0.4 is 0 Å². The van der Waals surface area contributed by atoms with Crippen molar-refractivity contribution in [3.05, 3.63) is 24.0 Å². The van der Waals surface area contributed by atoms with Crippen LogP contribution in [0.25, 0.3) is 0 Å². The van der Waals surface area contributed by atoms with Gasteiger partial charge in [-0.05, 0) is 24.5 Å². The summed E-state index contributed by atoms with van der Waals surface area (Å²) in [5.41, 5.74) is -1.50. The number of pyridine rings is 1. The third kappa shape index (κ3) is 3.63. The number of carboxylic acid groups (broad SMARTS) is 1. The van der Waals surface area contributed by atoms with Crippen molar-refractivity contribution in [1.82, 2.24) is 9.29 Å². The van der Waals surface area contributed by atoms with E-state index in [9.17, 15) is 26.4 Å². The summed E-state index contributed by atoms with van der Waals surface area (Å²) in [5.74, 6) is -2.39. The number of hydrogen-bond acceptors (Lipinski definition) is 4. The lowest BCUT2D eigenvalue weighted by Crippen LogP contribution is -2.45. The Bertz CT molecular complexity index is 705. The molecule has 128 valence electrons. The fourth-order valence-electron chi connectivity index (χ4n) is 2.63. The zero-order valence-corrected chi connectivity index (χ0v) is 12.9. The Hall–Kier alpha value is -1.68. The fourth-order valence-corrected chi connectivity index (χ4v) is 4.40. The van der Waals surface area contributed by atoms with Crippen LogP contribution in [0.2, 0.25) is 0 Å². The first-order valence-corrected chi connectivity index (χ1v) is 8.22. The summed E-state index contributed by atoms with van der Waals surface area (Å²) in [4.78, 5) is 13.3. The summed E-state index contributed by atoms with van der Waals surface area (Å²) >= 11 is 0. The van der Waals surface area contributed by atoms with E-state index in [-0.39, 0.29) is 25.4 Å². The van der Waals surface area contributed by atoms with Crippen LogP contribution in [0.3, 0.4) is 0 Å². The van der Waals surface area contributed by atoms with Crippen molar-refractivity contribution in [3.8, 4) is 0 Å². The first-order chi connectivity index (χ1) is 10.5. The van der Waals surface area contributed by atoms with Crippen molar-refractivity contribution in [3.63, 3.8) is 0 Å². The summed E-state index contributed by atoms with van der Waals surface area (Å²) in [6.07, 6.45) is -3.78. The van der Waals surface area contributed by atoms with Gasteiger partial charge in [0, 0.05) is 19.3 Å². The number of alkyl halides is 3.